The molecular weight excluding hydrogens is 853 g/mol. The minimum Gasteiger partial charge on any atom is -0.748 e. The van der Waals surface area contributed by atoms with Crippen LogP contribution in [0.15, 0.2) is 65.2 Å². The lowest BCUT2D eigenvalue weighted by Gasteiger charge is -2.31. The highest BCUT2D eigenvalue weighted by Crippen LogP contribution is 2.40. The Bertz CT molecular complexity index is 2340. The number of ether oxygens (including phenoxy) is 1. The number of carbonyl (C=O) groups is 3. The number of fused-ring (bicyclic) bond motifs is 2. The van der Waals surface area contributed by atoms with Gasteiger partial charge in [0, 0.05) is 48.4 Å². The number of hydrogen-bond donors (Lipinski definition) is 4. The van der Waals surface area contributed by atoms with E-state index < -0.39 is 46.7 Å². The average Bonchev–Trinajstić information content (AvgIpc) is 3.93. The number of rotatable bonds is 25. The number of aromatic nitrogens is 1. The quantitative estimate of drug-likeness (QED) is 0.0428. The second-order valence-electron chi connectivity index (χ2n) is 17.3. The molecule has 2 aliphatic rings. The number of carboxylic acids is 1. The van der Waals surface area contributed by atoms with Gasteiger partial charge in [0.1, 0.15) is 11.8 Å². The number of aliphatic carboxylic acids is 1. The van der Waals surface area contributed by atoms with Crippen molar-refractivity contribution in [3.8, 4) is 5.75 Å². The Morgan fingerprint density at radius 2 is 1.78 bits per heavy atom. The van der Waals surface area contributed by atoms with E-state index in [1.54, 1.807) is 42.5 Å². The summed E-state index contributed by atoms with van der Waals surface area (Å²) in [5.41, 5.74) is 4.37. The summed E-state index contributed by atoms with van der Waals surface area (Å²) < 4.78 is 77.4. The van der Waals surface area contributed by atoms with E-state index in [9.17, 15) is 27.4 Å². The van der Waals surface area contributed by atoms with Gasteiger partial charge in [0.15, 0.2) is 11.4 Å². The van der Waals surface area contributed by atoms with E-state index in [4.69, 9.17) is 9.84 Å². The summed E-state index contributed by atoms with van der Waals surface area (Å²) in [6, 6.07) is 11.0. The number of thiophene rings is 1. The molecular formula is C44H60BF2N6O8S2+. The van der Waals surface area contributed by atoms with Crippen molar-refractivity contribution in [1.29, 1.82) is 0 Å². The lowest BCUT2D eigenvalue weighted by Crippen LogP contribution is -3.09. The third-order valence-electron chi connectivity index (χ3n) is 10.9. The molecule has 0 saturated heterocycles. The fourth-order valence-electron chi connectivity index (χ4n) is 7.71. The topological polar surface area (TPSA) is 174 Å². The summed E-state index contributed by atoms with van der Waals surface area (Å²) in [5.74, 6) is -2.82. The predicted octanol–water partition coefficient (Wildman–Crippen LogP) is 4.00. The maximum absolute atomic E-state index is 16.9. The molecule has 0 fully saturated rings. The first-order valence-electron chi connectivity index (χ1n) is 21.3. The predicted molar refractivity (Wildman–Crippen MR) is 242 cm³/mol. The lowest BCUT2D eigenvalue weighted by molar-refractivity contribution is -0.878. The molecule has 19 heteroatoms. The minimum atomic E-state index is -4.84. The second kappa shape index (κ2) is 21.6. The Morgan fingerprint density at radius 1 is 1.03 bits per heavy atom. The molecule has 0 radical (unpaired) electrons. The van der Waals surface area contributed by atoms with E-state index in [2.05, 4.69) is 31.8 Å². The van der Waals surface area contributed by atoms with Crippen LogP contribution >= 0.6 is 11.3 Å². The van der Waals surface area contributed by atoms with Crippen molar-refractivity contribution >= 4 is 70.1 Å². The number of allylic oxidation sites excluding steroid dienone is 2. The third-order valence-corrected chi connectivity index (χ3v) is 12.6. The first kappa shape index (κ1) is 49.1. The molecule has 0 bridgehead atoms. The summed E-state index contributed by atoms with van der Waals surface area (Å²) >= 11 is 1.44. The zero-order valence-electron chi connectivity index (χ0n) is 36.7. The van der Waals surface area contributed by atoms with Gasteiger partial charge < -0.3 is 52.0 Å². The minimum absolute atomic E-state index is 0.0971. The highest BCUT2D eigenvalue weighted by Gasteiger charge is 2.54. The normalized spacial score (nSPS) is 15.7. The Kier molecular flexibility index (Phi) is 16.8. The van der Waals surface area contributed by atoms with E-state index in [-0.39, 0.29) is 32.4 Å². The van der Waals surface area contributed by atoms with Crippen LogP contribution in [-0.4, -0.2) is 135 Å². The smallest absolute Gasteiger partial charge is 0.737 e. The molecule has 0 saturated carbocycles. The third kappa shape index (κ3) is 14.3. The van der Waals surface area contributed by atoms with Crippen molar-refractivity contribution in [3.05, 3.63) is 92.6 Å². The van der Waals surface area contributed by atoms with Crippen LogP contribution in [0.2, 0.25) is 0 Å². The number of halogens is 2. The van der Waals surface area contributed by atoms with Gasteiger partial charge >= 0.3 is 12.9 Å². The van der Waals surface area contributed by atoms with Gasteiger partial charge in [-0.15, -0.1) is 11.3 Å². The SMILES string of the molecule is Cc1cc(/C=C/c2ccc(OCCCC(=O)N[C@@H](CS(=O)(=O)[O-])C(=O)NCC[NH+](C)CCCCCC(=O)O)cc2)n2c1C=C1C(CCC[N+](C)(C)C)=CC(c3cccs3)=[N+]1[B-]2(F)F. The van der Waals surface area contributed by atoms with Gasteiger partial charge in [0.2, 0.25) is 11.8 Å². The second-order valence-corrected chi connectivity index (χ2v) is 19.7. The Labute approximate surface area is 373 Å². The van der Waals surface area contributed by atoms with Gasteiger partial charge in [-0.1, -0.05) is 24.3 Å². The molecule has 14 nitrogen and oxygen atoms in total. The van der Waals surface area contributed by atoms with Crippen LogP contribution in [-0.2, 0) is 24.5 Å². The van der Waals surface area contributed by atoms with Gasteiger partial charge in [0.05, 0.1) is 81.7 Å². The highest BCUT2D eigenvalue weighted by molar-refractivity contribution is 7.85. The number of carboxylic acid groups (broad SMARTS) is 1. The molecule has 342 valence electrons. The zero-order valence-corrected chi connectivity index (χ0v) is 38.3. The molecule has 3 aromatic rings. The molecule has 2 aliphatic heterocycles. The van der Waals surface area contributed by atoms with Crippen LogP contribution in [0, 0.1) is 6.92 Å². The number of unbranched alkanes of at least 4 members (excludes halogenated alkanes) is 2. The maximum Gasteiger partial charge on any atom is 0.737 e. The van der Waals surface area contributed by atoms with Crippen molar-refractivity contribution < 1.29 is 59.7 Å². The fourth-order valence-corrected chi connectivity index (χ4v) is 9.09. The monoisotopic (exact) mass is 913 g/mol. The van der Waals surface area contributed by atoms with E-state index in [1.165, 1.54) is 15.8 Å². The van der Waals surface area contributed by atoms with E-state index in [0.29, 0.717) is 47.9 Å². The molecule has 2 aromatic heterocycles. The number of benzene rings is 1. The van der Waals surface area contributed by atoms with Crippen molar-refractivity contribution in [2.45, 2.75) is 64.3 Å². The molecule has 2 atom stereocenters. The van der Waals surface area contributed by atoms with Gasteiger partial charge in [-0.25, -0.2) is 8.42 Å². The molecule has 0 aliphatic carbocycles. The van der Waals surface area contributed by atoms with Gasteiger partial charge in [-0.2, -0.15) is 0 Å². The summed E-state index contributed by atoms with van der Waals surface area (Å²) in [6.07, 6.45) is 11.3. The molecule has 5 rings (SSSR count). The van der Waals surface area contributed by atoms with Crippen molar-refractivity contribution in [1.82, 2.24) is 15.1 Å². The Morgan fingerprint density at radius 3 is 2.44 bits per heavy atom. The van der Waals surface area contributed by atoms with Crippen LogP contribution in [0.3, 0.4) is 0 Å². The van der Waals surface area contributed by atoms with E-state index in [0.717, 1.165) is 67.8 Å². The van der Waals surface area contributed by atoms with Crippen molar-refractivity contribution in [3.63, 3.8) is 0 Å². The highest BCUT2D eigenvalue weighted by atomic mass is 32.2. The van der Waals surface area contributed by atoms with Crippen LogP contribution in [0.4, 0.5) is 8.63 Å². The largest absolute Gasteiger partial charge is 0.748 e. The molecule has 2 amide bonds. The maximum atomic E-state index is 16.9. The van der Waals surface area contributed by atoms with E-state index >= 15 is 8.63 Å². The van der Waals surface area contributed by atoms with Crippen LogP contribution in [0.5, 0.6) is 5.75 Å². The molecule has 1 aromatic carbocycles. The summed E-state index contributed by atoms with van der Waals surface area (Å²) in [5, 5.41) is 15.6. The lowest BCUT2D eigenvalue weighted by atomic mass is 9.88. The number of nitrogens with one attached hydrogen (secondary N) is 3. The van der Waals surface area contributed by atoms with Crippen LogP contribution < -0.4 is 20.3 Å². The van der Waals surface area contributed by atoms with Gasteiger partial charge in [-0.3, -0.25) is 14.4 Å². The fraction of sp³-hybridized carbons (Fsp3) is 0.455. The number of carbonyl (C=O) groups excluding carboxylic acids is 2. The summed E-state index contributed by atoms with van der Waals surface area (Å²) in [7, 11) is 3.45. The standard InChI is InChI=1S/C44H59BF2N6O8S2/c1-32-28-35(51-38(32)30-39-34(12-9-25-53(3,4)5)29-40(41-13-11-27-62-41)52(39)45(51,46)47)19-16-33-17-20-36(21-18-33)61-26-10-14-42(54)49-37(31-63(58,59)60)44(57)48-22-24-50(2)23-8-6-7-15-43(55)56/h11,13,16-21,27-30,37H,6-10,12,14-15,22-26,31H2,1-5H3,(H3-,48,49,54,55,56,57,58,59,60)/p+1/b19-16+/t37-/m0/s1. The van der Waals surface area contributed by atoms with Gasteiger partial charge in [-0.05, 0) is 85.9 Å². The summed E-state index contributed by atoms with van der Waals surface area (Å²) in [6.45, 7) is 0.0912. The number of quaternary nitrogens is 2. The Hall–Kier alpha value is -4.95. The van der Waals surface area contributed by atoms with Crippen molar-refractivity contribution in [2.24, 2.45) is 0 Å². The molecule has 4 N–H and O–H groups in total. The number of nitrogens with zero attached hydrogens (tertiary/aromatic N) is 3. The first-order valence-corrected chi connectivity index (χ1v) is 23.8. The van der Waals surface area contributed by atoms with Crippen molar-refractivity contribution in [2.75, 3.05) is 66.7 Å². The van der Waals surface area contributed by atoms with Gasteiger partial charge in [0.25, 0.3) is 0 Å². The summed E-state index contributed by atoms with van der Waals surface area (Å²) in [4.78, 5) is 37.9. The van der Waals surface area contributed by atoms with Crippen LogP contribution in [0.1, 0.15) is 78.8 Å². The van der Waals surface area contributed by atoms with E-state index in [1.807, 2.05) is 43.6 Å². The first-order chi connectivity index (χ1) is 29.7. The molecule has 63 heavy (non-hydrogen) atoms. The molecule has 0 spiro atoms. The average molecular weight is 914 g/mol. The zero-order chi connectivity index (χ0) is 46.0. The Balaban J connectivity index is 1.14. The number of hydrogen-bond acceptors (Lipinski definition) is 8. The molecule has 1 unspecified atom stereocenters. The molecule has 4 heterocycles. The van der Waals surface area contributed by atoms with Crippen LogP contribution in [0.25, 0.3) is 18.2 Å². The number of aryl methyl sites for hydroxylation is 1. The number of likely N-dealkylation sites (N-methyl/N-ethyl adjacent to an activating group) is 1. The number of amides is 2.